The Kier molecular flexibility index (Phi) is 4.30. The first kappa shape index (κ1) is 10.3. The Morgan fingerprint density at radius 1 is 1.29 bits per heavy atom. The molecule has 0 spiro atoms. The van der Waals surface area contributed by atoms with Crippen LogP contribution in [0.4, 0.5) is 4.79 Å². The molecule has 1 aliphatic heterocycles. The fourth-order valence-electron chi connectivity index (χ4n) is 0.645. The summed E-state index contributed by atoms with van der Waals surface area (Å²) in [4.78, 5) is 14.6. The Bertz CT molecular complexity index is 302. The number of hydrogen-bond acceptors (Lipinski definition) is 3. The predicted octanol–water partition coefficient (Wildman–Crippen LogP) is 2.69. The number of carbonyl (C=O) groups is 1. The maximum Gasteiger partial charge on any atom is 0.445 e. The molecule has 74 valence electrons. The lowest BCUT2D eigenvalue weighted by Gasteiger charge is -2.12. The zero-order valence-corrected chi connectivity index (χ0v) is 8.05. The number of thiophene rings is 1. The molecular formula is C9H9NO3S. The van der Waals surface area contributed by atoms with E-state index in [9.17, 15) is 4.79 Å². The van der Waals surface area contributed by atoms with Crippen molar-refractivity contribution in [3.05, 3.63) is 47.5 Å². The van der Waals surface area contributed by atoms with Crippen LogP contribution in [-0.2, 0) is 4.84 Å². The molecule has 0 fully saturated rings. The third-order valence-electron chi connectivity index (χ3n) is 1.20. The molecule has 5 heteroatoms. The Balaban J connectivity index is 0.000000165. The summed E-state index contributed by atoms with van der Waals surface area (Å²) in [6.45, 7) is 0. The van der Waals surface area contributed by atoms with Crippen molar-refractivity contribution in [3.63, 3.8) is 0 Å². The fourth-order valence-corrected chi connectivity index (χ4v) is 1.10. The van der Waals surface area contributed by atoms with Crippen LogP contribution in [0.2, 0.25) is 0 Å². The molecule has 0 bridgehead atoms. The third-order valence-corrected chi connectivity index (χ3v) is 1.83. The molecule has 2 heterocycles. The van der Waals surface area contributed by atoms with Crippen molar-refractivity contribution in [2.45, 2.75) is 0 Å². The van der Waals surface area contributed by atoms with Crippen LogP contribution in [0.25, 0.3) is 0 Å². The second-order valence-electron chi connectivity index (χ2n) is 2.18. The van der Waals surface area contributed by atoms with Gasteiger partial charge in [-0.1, -0.05) is 12.1 Å². The monoisotopic (exact) mass is 211 g/mol. The van der Waals surface area contributed by atoms with E-state index in [0.717, 1.165) is 0 Å². The zero-order chi connectivity index (χ0) is 10.2. The summed E-state index contributed by atoms with van der Waals surface area (Å²) in [6.07, 6.45) is 4.63. The van der Waals surface area contributed by atoms with Gasteiger partial charge in [-0.3, -0.25) is 0 Å². The van der Waals surface area contributed by atoms with E-state index in [1.54, 1.807) is 23.5 Å². The van der Waals surface area contributed by atoms with E-state index in [2.05, 4.69) is 4.84 Å². The smallest absolute Gasteiger partial charge is 0.445 e. The molecule has 4 nitrogen and oxygen atoms in total. The summed E-state index contributed by atoms with van der Waals surface area (Å²) in [5.41, 5.74) is 0. The van der Waals surface area contributed by atoms with E-state index in [1.165, 1.54) is 12.5 Å². The highest BCUT2D eigenvalue weighted by atomic mass is 32.1. The number of carboxylic acid groups (broad SMARTS) is 1. The van der Waals surface area contributed by atoms with Crippen molar-refractivity contribution in [1.82, 2.24) is 5.06 Å². The van der Waals surface area contributed by atoms with Crippen molar-refractivity contribution < 1.29 is 14.7 Å². The lowest BCUT2D eigenvalue weighted by Crippen LogP contribution is -2.22. The second kappa shape index (κ2) is 5.82. The van der Waals surface area contributed by atoms with Crippen LogP contribution in [0.5, 0.6) is 0 Å². The molecule has 0 saturated heterocycles. The maximum atomic E-state index is 10.1. The lowest BCUT2D eigenvalue weighted by atomic mass is 10.5. The van der Waals surface area contributed by atoms with Crippen LogP contribution in [0.1, 0.15) is 0 Å². The van der Waals surface area contributed by atoms with Gasteiger partial charge in [-0.05, 0) is 22.9 Å². The van der Waals surface area contributed by atoms with Crippen LogP contribution < -0.4 is 0 Å². The number of amides is 1. The van der Waals surface area contributed by atoms with Gasteiger partial charge in [0, 0.05) is 0 Å². The highest BCUT2D eigenvalue weighted by molar-refractivity contribution is 7.07. The van der Waals surface area contributed by atoms with Crippen molar-refractivity contribution in [1.29, 1.82) is 0 Å². The molecule has 1 aliphatic rings. The van der Waals surface area contributed by atoms with Crippen LogP contribution in [-0.4, -0.2) is 16.3 Å². The standard InChI is InChI=1S/C5H5NO3.C4H4S/c7-5(8)6-3-1-2-4-9-6;1-2-4-5-3-1/h1-4H,(H,7,8);1-4H. The second-order valence-corrected chi connectivity index (χ2v) is 2.99. The fraction of sp³-hybridized carbons (Fsp3) is 0. The molecule has 1 aromatic heterocycles. The van der Waals surface area contributed by atoms with Crippen molar-refractivity contribution in [3.8, 4) is 0 Å². The molecule has 0 unspecified atom stereocenters. The highest BCUT2D eigenvalue weighted by Crippen LogP contribution is 1.99. The summed E-state index contributed by atoms with van der Waals surface area (Å²) in [6, 6.07) is 4.04. The third kappa shape index (κ3) is 3.77. The SMILES string of the molecule is O=C(O)N1C=CC=CO1.c1ccsc1. The Morgan fingerprint density at radius 3 is 2.29 bits per heavy atom. The summed E-state index contributed by atoms with van der Waals surface area (Å²) in [7, 11) is 0. The van der Waals surface area contributed by atoms with Crippen LogP contribution in [0, 0.1) is 0 Å². The van der Waals surface area contributed by atoms with Gasteiger partial charge in [0.1, 0.15) is 6.26 Å². The van der Waals surface area contributed by atoms with Crippen LogP contribution in [0.15, 0.2) is 47.5 Å². The van der Waals surface area contributed by atoms with E-state index in [1.807, 2.05) is 22.9 Å². The Labute approximate surface area is 85.3 Å². The lowest BCUT2D eigenvalue weighted by molar-refractivity contribution is -0.0378. The molecule has 1 amide bonds. The number of nitrogens with zero attached hydrogens (tertiary/aromatic N) is 1. The largest absolute Gasteiger partial charge is 0.463 e. The number of hydroxylamine groups is 2. The number of hydrogen-bond donors (Lipinski definition) is 1. The van der Waals surface area contributed by atoms with Gasteiger partial charge in [-0.25, -0.2) is 4.79 Å². The number of rotatable bonds is 0. The van der Waals surface area contributed by atoms with Gasteiger partial charge in [0.2, 0.25) is 0 Å². The van der Waals surface area contributed by atoms with E-state index < -0.39 is 6.09 Å². The Morgan fingerprint density at radius 2 is 2.00 bits per heavy atom. The molecule has 0 aromatic carbocycles. The van der Waals surface area contributed by atoms with Crippen molar-refractivity contribution in [2.75, 3.05) is 0 Å². The first-order chi connectivity index (χ1) is 6.80. The maximum absolute atomic E-state index is 10.1. The quantitative estimate of drug-likeness (QED) is 0.717. The molecule has 1 N–H and O–H groups in total. The van der Waals surface area contributed by atoms with Crippen LogP contribution in [0.3, 0.4) is 0 Å². The van der Waals surface area contributed by atoms with Gasteiger partial charge in [0.05, 0.1) is 6.20 Å². The van der Waals surface area contributed by atoms with Crippen molar-refractivity contribution in [2.24, 2.45) is 0 Å². The summed E-state index contributed by atoms with van der Waals surface area (Å²) < 4.78 is 0. The molecule has 1 aromatic rings. The van der Waals surface area contributed by atoms with Gasteiger partial charge < -0.3 is 9.94 Å². The van der Waals surface area contributed by atoms with Crippen molar-refractivity contribution >= 4 is 17.4 Å². The normalized spacial score (nSPS) is 12.7. The van der Waals surface area contributed by atoms with Crippen LogP contribution >= 0.6 is 11.3 Å². The van der Waals surface area contributed by atoms with E-state index in [4.69, 9.17) is 5.11 Å². The average molecular weight is 211 g/mol. The van der Waals surface area contributed by atoms with Gasteiger partial charge in [-0.2, -0.15) is 11.3 Å². The molecule has 2 rings (SSSR count). The Hall–Kier alpha value is -1.75. The minimum Gasteiger partial charge on any atom is -0.463 e. The molecule has 0 saturated carbocycles. The highest BCUT2D eigenvalue weighted by Gasteiger charge is 2.07. The summed E-state index contributed by atoms with van der Waals surface area (Å²) >= 11 is 1.71. The summed E-state index contributed by atoms with van der Waals surface area (Å²) in [5, 5.41) is 13.0. The van der Waals surface area contributed by atoms with Gasteiger partial charge >= 0.3 is 6.09 Å². The zero-order valence-electron chi connectivity index (χ0n) is 7.24. The predicted molar refractivity (Wildman–Crippen MR) is 53.5 cm³/mol. The van der Waals surface area contributed by atoms with Gasteiger partial charge in [-0.15, -0.1) is 5.06 Å². The topological polar surface area (TPSA) is 49.8 Å². The van der Waals surface area contributed by atoms with E-state index >= 15 is 0 Å². The van der Waals surface area contributed by atoms with Gasteiger partial charge in [0.25, 0.3) is 0 Å². The minimum absolute atomic E-state index is 0.708. The minimum atomic E-state index is -1.13. The number of allylic oxidation sites excluding steroid dienone is 2. The summed E-state index contributed by atoms with van der Waals surface area (Å²) in [5.74, 6) is 0. The molecular weight excluding hydrogens is 202 g/mol. The van der Waals surface area contributed by atoms with Gasteiger partial charge in [0.15, 0.2) is 0 Å². The van der Waals surface area contributed by atoms with E-state index in [0.29, 0.717) is 5.06 Å². The first-order valence-corrected chi connectivity index (χ1v) is 4.74. The molecule has 0 atom stereocenters. The molecule has 0 radical (unpaired) electrons. The van der Waals surface area contributed by atoms with E-state index in [-0.39, 0.29) is 0 Å². The first-order valence-electron chi connectivity index (χ1n) is 3.80. The average Bonchev–Trinajstić information content (AvgIpc) is 2.77. The molecule has 14 heavy (non-hydrogen) atoms. The molecule has 0 aliphatic carbocycles.